The molecule has 0 amide bonds. The van der Waals surface area contributed by atoms with Crippen molar-refractivity contribution in [3.05, 3.63) is 28.6 Å². The Morgan fingerprint density at radius 2 is 2.00 bits per heavy atom. The van der Waals surface area contributed by atoms with Crippen LogP contribution in [0.15, 0.2) is 18.2 Å². The standard InChI is InChI=1S/C15H21NOS/c1-15(2,3)13-10-7-6-8-11(17-5)14(10)18-12(13)9-16-4/h6-8,16H,9H2,1-5H3. The number of thiophene rings is 1. The molecule has 2 nitrogen and oxygen atoms in total. The van der Waals surface area contributed by atoms with E-state index < -0.39 is 0 Å². The van der Waals surface area contributed by atoms with E-state index in [1.807, 2.05) is 24.5 Å². The van der Waals surface area contributed by atoms with Gasteiger partial charge in [-0.3, -0.25) is 0 Å². The molecule has 1 aromatic carbocycles. The van der Waals surface area contributed by atoms with Crippen LogP contribution in [0.2, 0.25) is 0 Å². The van der Waals surface area contributed by atoms with Crippen molar-refractivity contribution in [2.45, 2.75) is 32.7 Å². The van der Waals surface area contributed by atoms with E-state index in [-0.39, 0.29) is 5.41 Å². The third-order valence-electron chi connectivity index (χ3n) is 3.06. The van der Waals surface area contributed by atoms with Crippen LogP contribution < -0.4 is 10.1 Å². The number of fused-ring (bicyclic) bond motifs is 1. The molecule has 1 heterocycles. The van der Waals surface area contributed by atoms with E-state index in [0.717, 1.165) is 12.3 Å². The summed E-state index contributed by atoms with van der Waals surface area (Å²) in [5.41, 5.74) is 1.59. The van der Waals surface area contributed by atoms with Crippen molar-refractivity contribution >= 4 is 21.4 Å². The second-order valence-electron chi connectivity index (χ2n) is 5.52. The third kappa shape index (κ3) is 2.25. The maximum Gasteiger partial charge on any atom is 0.136 e. The topological polar surface area (TPSA) is 21.3 Å². The SMILES string of the molecule is CNCc1sc2c(OC)cccc2c1C(C)(C)C. The second-order valence-corrected chi connectivity index (χ2v) is 6.62. The molecule has 18 heavy (non-hydrogen) atoms. The number of hydrogen-bond acceptors (Lipinski definition) is 3. The molecule has 2 aromatic rings. The molecule has 0 spiro atoms. The maximum atomic E-state index is 5.48. The summed E-state index contributed by atoms with van der Waals surface area (Å²) in [6.45, 7) is 7.72. The van der Waals surface area contributed by atoms with Crippen molar-refractivity contribution in [1.29, 1.82) is 0 Å². The zero-order valence-electron chi connectivity index (χ0n) is 11.8. The molecule has 3 heteroatoms. The predicted molar refractivity (Wildman–Crippen MR) is 79.8 cm³/mol. The van der Waals surface area contributed by atoms with Crippen LogP contribution in [0, 0.1) is 0 Å². The average molecular weight is 263 g/mol. The van der Waals surface area contributed by atoms with Gasteiger partial charge in [0.25, 0.3) is 0 Å². The molecule has 0 aliphatic rings. The minimum Gasteiger partial charge on any atom is -0.495 e. The van der Waals surface area contributed by atoms with Gasteiger partial charge in [0.2, 0.25) is 0 Å². The normalized spacial score (nSPS) is 12.1. The van der Waals surface area contributed by atoms with Gasteiger partial charge < -0.3 is 10.1 Å². The van der Waals surface area contributed by atoms with Gasteiger partial charge in [0.05, 0.1) is 11.8 Å². The summed E-state index contributed by atoms with van der Waals surface area (Å²) >= 11 is 1.84. The number of rotatable bonds is 3. The summed E-state index contributed by atoms with van der Waals surface area (Å²) < 4.78 is 6.74. The lowest BCUT2D eigenvalue weighted by Gasteiger charge is -2.20. The first-order valence-electron chi connectivity index (χ1n) is 6.22. The Morgan fingerprint density at radius 1 is 1.28 bits per heavy atom. The molecule has 98 valence electrons. The number of benzene rings is 1. The highest BCUT2D eigenvalue weighted by molar-refractivity contribution is 7.19. The molecule has 1 N–H and O–H groups in total. The van der Waals surface area contributed by atoms with Crippen molar-refractivity contribution in [2.75, 3.05) is 14.2 Å². The first kappa shape index (κ1) is 13.4. The fourth-order valence-corrected chi connectivity index (χ4v) is 3.92. The molecule has 0 saturated carbocycles. The van der Waals surface area contributed by atoms with E-state index in [2.05, 4.69) is 38.2 Å². The van der Waals surface area contributed by atoms with Gasteiger partial charge in [0.1, 0.15) is 5.75 Å². The summed E-state index contributed by atoms with van der Waals surface area (Å²) in [6, 6.07) is 6.31. The lowest BCUT2D eigenvalue weighted by atomic mass is 9.85. The van der Waals surface area contributed by atoms with E-state index in [4.69, 9.17) is 4.74 Å². The zero-order chi connectivity index (χ0) is 13.3. The highest BCUT2D eigenvalue weighted by Crippen LogP contribution is 2.42. The highest BCUT2D eigenvalue weighted by atomic mass is 32.1. The molecule has 0 bridgehead atoms. The van der Waals surface area contributed by atoms with Crippen LogP contribution in [0.3, 0.4) is 0 Å². The molecule has 0 saturated heterocycles. The summed E-state index contributed by atoms with van der Waals surface area (Å²) in [4.78, 5) is 1.41. The van der Waals surface area contributed by atoms with Crippen LogP contribution in [0.5, 0.6) is 5.75 Å². The van der Waals surface area contributed by atoms with Crippen molar-refractivity contribution < 1.29 is 4.74 Å². The predicted octanol–water partition coefficient (Wildman–Crippen LogP) is 3.93. The fourth-order valence-electron chi connectivity index (χ4n) is 2.41. The summed E-state index contributed by atoms with van der Waals surface area (Å²) in [6.07, 6.45) is 0. The van der Waals surface area contributed by atoms with Gasteiger partial charge >= 0.3 is 0 Å². The number of methoxy groups -OCH3 is 1. The quantitative estimate of drug-likeness (QED) is 0.906. The summed E-state index contributed by atoms with van der Waals surface area (Å²) in [5, 5.41) is 4.60. The Labute approximate surface area is 113 Å². The molecule has 0 unspecified atom stereocenters. The van der Waals surface area contributed by atoms with Crippen LogP contribution >= 0.6 is 11.3 Å². The van der Waals surface area contributed by atoms with Crippen LogP contribution in [0.4, 0.5) is 0 Å². The van der Waals surface area contributed by atoms with Crippen LogP contribution in [-0.4, -0.2) is 14.2 Å². The maximum absolute atomic E-state index is 5.48. The van der Waals surface area contributed by atoms with Crippen molar-refractivity contribution in [1.82, 2.24) is 5.32 Å². The van der Waals surface area contributed by atoms with E-state index in [0.29, 0.717) is 0 Å². The van der Waals surface area contributed by atoms with E-state index >= 15 is 0 Å². The van der Waals surface area contributed by atoms with E-state index in [9.17, 15) is 0 Å². The molecule has 0 fully saturated rings. The van der Waals surface area contributed by atoms with Crippen LogP contribution in [0.25, 0.3) is 10.1 Å². The van der Waals surface area contributed by atoms with Gasteiger partial charge in [0, 0.05) is 16.8 Å². The molecule has 0 atom stereocenters. The Hall–Kier alpha value is -1.06. The van der Waals surface area contributed by atoms with Gasteiger partial charge in [-0.1, -0.05) is 32.9 Å². The molecular weight excluding hydrogens is 242 g/mol. The highest BCUT2D eigenvalue weighted by Gasteiger charge is 2.24. The first-order valence-corrected chi connectivity index (χ1v) is 7.04. The second kappa shape index (κ2) is 4.90. The van der Waals surface area contributed by atoms with Gasteiger partial charge in [0.15, 0.2) is 0 Å². The smallest absolute Gasteiger partial charge is 0.136 e. The van der Waals surface area contributed by atoms with Crippen LogP contribution in [-0.2, 0) is 12.0 Å². The summed E-state index contributed by atoms with van der Waals surface area (Å²) in [5.74, 6) is 0.977. The molecular formula is C15H21NOS. The monoisotopic (exact) mass is 263 g/mol. The lowest BCUT2D eigenvalue weighted by Crippen LogP contribution is -2.15. The van der Waals surface area contributed by atoms with Crippen LogP contribution in [0.1, 0.15) is 31.2 Å². The van der Waals surface area contributed by atoms with Crippen molar-refractivity contribution in [3.8, 4) is 5.75 Å². The van der Waals surface area contributed by atoms with E-state index in [1.165, 1.54) is 20.5 Å². The van der Waals surface area contributed by atoms with Crippen molar-refractivity contribution in [3.63, 3.8) is 0 Å². The molecule has 0 aliphatic carbocycles. The van der Waals surface area contributed by atoms with Gasteiger partial charge in [-0.25, -0.2) is 0 Å². The molecule has 2 rings (SSSR count). The van der Waals surface area contributed by atoms with Gasteiger partial charge in [-0.2, -0.15) is 0 Å². The number of ether oxygens (including phenoxy) is 1. The minimum absolute atomic E-state index is 0.150. The molecule has 0 radical (unpaired) electrons. The minimum atomic E-state index is 0.150. The first-order chi connectivity index (χ1) is 8.49. The van der Waals surface area contributed by atoms with Gasteiger partial charge in [-0.05, 0) is 24.1 Å². The summed E-state index contributed by atoms with van der Waals surface area (Å²) in [7, 11) is 3.73. The third-order valence-corrected chi connectivity index (χ3v) is 4.28. The Bertz CT molecular complexity index is 551. The zero-order valence-corrected chi connectivity index (χ0v) is 12.6. The Balaban J connectivity index is 2.75. The van der Waals surface area contributed by atoms with Gasteiger partial charge in [-0.15, -0.1) is 11.3 Å². The fraction of sp³-hybridized carbons (Fsp3) is 0.467. The van der Waals surface area contributed by atoms with E-state index in [1.54, 1.807) is 7.11 Å². The average Bonchev–Trinajstić information content (AvgIpc) is 2.66. The number of hydrogen-bond donors (Lipinski definition) is 1. The van der Waals surface area contributed by atoms with Crippen molar-refractivity contribution in [2.24, 2.45) is 0 Å². The molecule has 1 aromatic heterocycles. The largest absolute Gasteiger partial charge is 0.495 e. The Kier molecular flexibility index (Phi) is 3.64. The Morgan fingerprint density at radius 3 is 2.56 bits per heavy atom. The molecule has 0 aliphatic heterocycles. The lowest BCUT2D eigenvalue weighted by molar-refractivity contribution is 0.420. The number of nitrogens with one attached hydrogen (secondary N) is 1.